The van der Waals surface area contributed by atoms with Gasteiger partial charge in [-0.2, -0.15) is 0 Å². The fraction of sp³-hybridized carbons (Fsp3) is 0.333. The van der Waals surface area contributed by atoms with Gasteiger partial charge < -0.3 is 5.32 Å². The first-order valence-corrected chi connectivity index (χ1v) is 5.13. The second kappa shape index (κ2) is 3.03. The molecule has 0 saturated heterocycles. The first-order chi connectivity index (χ1) is 6.48. The molecule has 0 amide bonds. The van der Waals surface area contributed by atoms with Gasteiger partial charge in [0.2, 0.25) is 0 Å². The molecule has 2 rings (SSSR count). The number of nitrogens with one attached hydrogen (secondary N) is 1. The first kappa shape index (κ1) is 9.60. The van der Waals surface area contributed by atoms with Gasteiger partial charge in [-0.1, -0.05) is 23.8 Å². The summed E-state index contributed by atoms with van der Waals surface area (Å²) >= 11 is 6.07. The number of rotatable bonds is 0. The molecule has 0 aromatic heterocycles. The molecule has 1 aliphatic rings. The van der Waals surface area contributed by atoms with Crippen molar-refractivity contribution in [2.45, 2.75) is 26.3 Å². The van der Waals surface area contributed by atoms with Crippen LogP contribution in [0, 0.1) is 6.92 Å². The maximum absolute atomic E-state index is 6.07. The minimum absolute atomic E-state index is 0.0194. The third-order valence-corrected chi connectivity index (χ3v) is 2.87. The zero-order valence-electron chi connectivity index (χ0n) is 8.69. The molecular weight excluding hydrogens is 194 g/mol. The van der Waals surface area contributed by atoms with Crippen molar-refractivity contribution in [3.05, 3.63) is 34.4 Å². The predicted molar refractivity (Wildman–Crippen MR) is 62.9 cm³/mol. The summed E-state index contributed by atoms with van der Waals surface area (Å²) in [7, 11) is 0. The van der Waals surface area contributed by atoms with Crippen LogP contribution >= 0.6 is 11.6 Å². The van der Waals surface area contributed by atoms with Gasteiger partial charge >= 0.3 is 0 Å². The van der Waals surface area contributed by atoms with Gasteiger partial charge in [0.15, 0.2) is 0 Å². The highest BCUT2D eigenvalue weighted by Gasteiger charge is 2.19. The van der Waals surface area contributed by atoms with Gasteiger partial charge in [0.05, 0.1) is 5.54 Å². The second-order valence-electron chi connectivity index (χ2n) is 4.37. The van der Waals surface area contributed by atoms with E-state index in [9.17, 15) is 0 Å². The normalized spacial score (nSPS) is 17.4. The lowest BCUT2D eigenvalue weighted by atomic mass is 9.96. The summed E-state index contributed by atoms with van der Waals surface area (Å²) in [4.78, 5) is 0. The summed E-state index contributed by atoms with van der Waals surface area (Å²) in [5.41, 5.74) is 3.47. The first-order valence-electron chi connectivity index (χ1n) is 4.75. The van der Waals surface area contributed by atoms with E-state index in [2.05, 4.69) is 37.4 Å². The fourth-order valence-electron chi connectivity index (χ4n) is 1.64. The molecule has 0 saturated carbocycles. The Kier molecular flexibility index (Phi) is 2.07. The number of anilines is 1. The van der Waals surface area contributed by atoms with Crippen molar-refractivity contribution in [1.29, 1.82) is 0 Å². The van der Waals surface area contributed by atoms with E-state index in [0.717, 1.165) is 16.3 Å². The van der Waals surface area contributed by atoms with E-state index in [1.807, 2.05) is 13.0 Å². The Hall–Kier alpha value is -0.950. The smallest absolute Gasteiger partial charge is 0.0503 e. The molecule has 1 heterocycles. The Balaban J connectivity index is 2.52. The van der Waals surface area contributed by atoms with Crippen LogP contribution in [0.4, 0.5) is 5.69 Å². The van der Waals surface area contributed by atoms with E-state index >= 15 is 0 Å². The molecule has 0 fully saturated rings. The van der Waals surface area contributed by atoms with Gasteiger partial charge in [-0.25, -0.2) is 0 Å². The summed E-state index contributed by atoms with van der Waals surface area (Å²) < 4.78 is 0. The Morgan fingerprint density at radius 3 is 2.71 bits per heavy atom. The van der Waals surface area contributed by atoms with Crippen molar-refractivity contribution < 1.29 is 0 Å². The van der Waals surface area contributed by atoms with Gasteiger partial charge in [0.1, 0.15) is 0 Å². The molecule has 0 spiro atoms. The zero-order chi connectivity index (χ0) is 10.3. The van der Waals surface area contributed by atoms with Crippen molar-refractivity contribution in [1.82, 2.24) is 0 Å². The van der Waals surface area contributed by atoms with E-state index in [1.54, 1.807) is 0 Å². The molecule has 0 atom stereocenters. The quantitative estimate of drug-likeness (QED) is 0.681. The second-order valence-corrected chi connectivity index (χ2v) is 4.78. The van der Waals surface area contributed by atoms with E-state index in [-0.39, 0.29) is 5.54 Å². The summed E-state index contributed by atoms with van der Waals surface area (Å²) in [5.74, 6) is 0. The van der Waals surface area contributed by atoms with Crippen molar-refractivity contribution in [3.63, 3.8) is 0 Å². The third kappa shape index (κ3) is 1.64. The van der Waals surface area contributed by atoms with Gasteiger partial charge in [-0.05, 0) is 44.0 Å². The Morgan fingerprint density at radius 2 is 2.00 bits per heavy atom. The van der Waals surface area contributed by atoms with Crippen LogP contribution in [0.2, 0.25) is 5.02 Å². The minimum Gasteiger partial charge on any atom is -0.376 e. The third-order valence-electron chi connectivity index (χ3n) is 2.47. The van der Waals surface area contributed by atoms with Crippen LogP contribution in [-0.2, 0) is 0 Å². The van der Waals surface area contributed by atoms with Crippen LogP contribution in [0.1, 0.15) is 25.0 Å². The number of benzene rings is 1. The molecule has 74 valence electrons. The van der Waals surface area contributed by atoms with E-state index in [4.69, 9.17) is 11.6 Å². The Labute approximate surface area is 89.8 Å². The molecule has 1 aromatic carbocycles. The van der Waals surface area contributed by atoms with Gasteiger partial charge in [-0.15, -0.1) is 0 Å². The van der Waals surface area contributed by atoms with Crippen LogP contribution in [0.15, 0.2) is 18.2 Å². The number of halogens is 1. The lowest BCUT2D eigenvalue weighted by molar-refractivity contribution is 0.711. The van der Waals surface area contributed by atoms with Gasteiger partial charge in [0, 0.05) is 10.7 Å². The van der Waals surface area contributed by atoms with Crippen LogP contribution in [0.5, 0.6) is 0 Å². The topological polar surface area (TPSA) is 12.0 Å². The van der Waals surface area contributed by atoms with E-state index in [0.29, 0.717) is 0 Å². The molecule has 0 aliphatic carbocycles. The number of fused-ring (bicyclic) bond motifs is 1. The maximum Gasteiger partial charge on any atom is 0.0503 e. The summed E-state index contributed by atoms with van der Waals surface area (Å²) in [6.07, 6.45) is 4.32. The SMILES string of the molecule is Cc1cc2c(cc1Cl)NC(C)(C)C=C2. The maximum atomic E-state index is 6.07. The average molecular weight is 208 g/mol. The fourth-order valence-corrected chi connectivity index (χ4v) is 1.80. The van der Waals surface area contributed by atoms with Crippen LogP contribution in [0.25, 0.3) is 6.08 Å². The zero-order valence-corrected chi connectivity index (χ0v) is 9.44. The molecule has 1 nitrogen and oxygen atoms in total. The molecule has 14 heavy (non-hydrogen) atoms. The van der Waals surface area contributed by atoms with E-state index < -0.39 is 0 Å². The van der Waals surface area contributed by atoms with E-state index in [1.165, 1.54) is 5.56 Å². The van der Waals surface area contributed by atoms with Crippen molar-refractivity contribution in [2.75, 3.05) is 5.32 Å². The van der Waals surface area contributed by atoms with Crippen molar-refractivity contribution in [3.8, 4) is 0 Å². The van der Waals surface area contributed by atoms with Crippen molar-refractivity contribution >= 4 is 23.4 Å². The molecule has 0 radical (unpaired) electrons. The molecule has 1 aliphatic heterocycles. The molecule has 1 N–H and O–H groups in total. The highest BCUT2D eigenvalue weighted by molar-refractivity contribution is 6.31. The highest BCUT2D eigenvalue weighted by atomic mass is 35.5. The lowest BCUT2D eigenvalue weighted by Gasteiger charge is -2.29. The Morgan fingerprint density at radius 1 is 1.29 bits per heavy atom. The highest BCUT2D eigenvalue weighted by Crippen LogP contribution is 2.32. The summed E-state index contributed by atoms with van der Waals surface area (Å²) in [5, 5.41) is 4.25. The van der Waals surface area contributed by atoms with Crippen molar-refractivity contribution in [2.24, 2.45) is 0 Å². The average Bonchev–Trinajstić information content (AvgIpc) is 2.07. The van der Waals surface area contributed by atoms with Crippen LogP contribution in [-0.4, -0.2) is 5.54 Å². The van der Waals surface area contributed by atoms with Crippen LogP contribution < -0.4 is 5.32 Å². The lowest BCUT2D eigenvalue weighted by Crippen LogP contribution is -2.30. The monoisotopic (exact) mass is 207 g/mol. The van der Waals surface area contributed by atoms with Gasteiger partial charge in [0.25, 0.3) is 0 Å². The summed E-state index contributed by atoms with van der Waals surface area (Å²) in [6.45, 7) is 6.30. The number of hydrogen-bond acceptors (Lipinski definition) is 1. The minimum atomic E-state index is 0.0194. The molecular formula is C12H14ClN. The van der Waals surface area contributed by atoms with Gasteiger partial charge in [-0.3, -0.25) is 0 Å². The molecule has 0 unspecified atom stereocenters. The standard InChI is InChI=1S/C12H14ClN/c1-8-6-9-4-5-12(2,3)14-11(9)7-10(8)13/h4-7,14H,1-3H3. The number of hydrogen-bond donors (Lipinski definition) is 1. The number of aryl methyl sites for hydroxylation is 1. The summed E-state index contributed by atoms with van der Waals surface area (Å²) in [6, 6.07) is 4.11. The van der Waals surface area contributed by atoms with Crippen LogP contribution in [0.3, 0.4) is 0 Å². The molecule has 2 heteroatoms. The predicted octanol–water partition coefficient (Wildman–Crippen LogP) is 3.87. The molecule has 0 bridgehead atoms. The molecule has 1 aromatic rings. The Bertz CT molecular complexity index is 405. The largest absolute Gasteiger partial charge is 0.376 e.